The van der Waals surface area contributed by atoms with Crippen LogP contribution in [0.4, 0.5) is 10.1 Å². The molecular formula is C22H19ClFNO2S2. The highest BCUT2D eigenvalue weighted by Gasteiger charge is 2.15. The maximum Gasteiger partial charge on any atom is 0.261 e. The van der Waals surface area contributed by atoms with Crippen molar-refractivity contribution in [2.24, 2.45) is 0 Å². The molecule has 0 fully saturated rings. The van der Waals surface area contributed by atoms with E-state index in [0.29, 0.717) is 18.5 Å². The van der Waals surface area contributed by atoms with Crippen molar-refractivity contribution in [3.05, 3.63) is 94.3 Å². The minimum absolute atomic E-state index is 0.0704. The van der Waals surface area contributed by atoms with E-state index in [-0.39, 0.29) is 9.92 Å². The summed E-state index contributed by atoms with van der Waals surface area (Å²) in [6.45, 7) is 1.84. The van der Waals surface area contributed by atoms with Crippen molar-refractivity contribution in [1.82, 2.24) is 0 Å². The molecule has 0 atom stereocenters. The first-order valence-corrected chi connectivity index (χ1v) is 11.1. The molecule has 0 aromatic heterocycles. The molecule has 150 valence electrons. The smallest absolute Gasteiger partial charge is 0.261 e. The second kappa shape index (κ2) is 9.03. The van der Waals surface area contributed by atoms with E-state index in [1.807, 2.05) is 19.1 Å². The number of thiocarbonyl (C=S) groups is 1. The lowest BCUT2D eigenvalue weighted by atomic mass is 10.0. The monoisotopic (exact) mass is 447 g/mol. The van der Waals surface area contributed by atoms with Gasteiger partial charge >= 0.3 is 0 Å². The Morgan fingerprint density at radius 2 is 1.62 bits per heavy atom. The molecule has 0 saturated heterocycles. The van der Waals surface area contributed by atoms with Crippen molar-refractivity contribution < 1.29 is 12.8 Å². The maximum absolute atomic E-state index is 13.3. The number of benzene rings is 3. The molecule has 3 aromatic rings. The zero-order chi connectivity index (χ0) is 21.0. The van der Waals surface area contributed by atoms with Gasteiger partial charge in [-0.3, -0.25) is 4.72 Å². The molecule has 3 rings (SSSR count). The predicted molar refractivity (Wildman–Crippen MR) is 120 cm³/mol. The van der Waals surface area contributed by atoms with E-state index >= 15 is 0 Å². The topological polar surface area (TPSA) is 46.2 Å². The van der Waals surface area contributed by atoms with Crippen LogP contribution in [0.5, 0.6) is 0 Å². The average Bonchev–Trinajstić information content (AvgIpc) is 2.67. The third-order valence-corrected chi connectivity index (χ3v) is 6.37. The predicted octanol–water partition coefficient (Wildman–Crippen LogP) is 5.74. The summed E-state index contributed by atoms with van der Waals surface area (Å²) in [5, 5.41) is 0.0704. The molecule has 0 amide bonds. The number of hydrogen-bond acceptors (Lipinski definition) is 3. The van der Waals surface area contributed by atoms with Gasteiger partial charge in [-0.25, -0.2) is 12.8 Å². The number of anilines is 1. The van der Waals surface area contributed by atoms with Gasteiger partial charge in [-0.15, -0.1) is 0 Å². The molecule has 1 N–H and O–H groups in total. The first-order valence-electron chi connectivity index (χ1n) is 8.87. The Kier molecular flexibility index (Phi) is 6.67. The maximum atomic E-state index is 13.3. The van der Waals surface area contributed by atoms with Gasteiger partial charge in [0, 0.05) is 17.7 Å². The van der Waals surface area contributed by atoms with Crippen LogP contribution in [0.15, 0.2) is 71.6 Å². The molecule has 7 heteroatoms. The highest BCUT2D eigenvalue weighted by Crippen LogP contribution is 2.21. The summed E-state index contributed by atoms with van der Waals surface area (Å²) in [5.74, 6) is -0.461. The normalized spacial score (nSPS) is 11.3. The van der Waals surface area contributed by atoms with Crippen molar-refractivity contribution in [3.63, 3.8) is 0 Å². The number of nitrogens with one attached hydrogen (secondary N) is 1. The molecule has 0 radical (unpaired) electrons. The summed E-state index contributed by atoms with van der Waals surface area (Å²) in [4.78, 5) is 0.932. The molecule has 0 aliphatic carbocycles. The van der Waals surface area contributed by atoms with Gasteiger partial charge in [-0.2, -0.15) is 0 Å². The van der Waals surface area contributed by atoms with Crippen molar-refractivity contribution in [2.75, 3.05) is 4.72 Å². The minimum atomic E-state index is -3.67. The summed E-state index contributed by atoms with van der Waals surface area (Å²) in [5.41, 5.74) is 3.13. The lowest BCUT2D eigenvalue weighted by Gasteiger charge is -2.11. The van der Waals surface area contributed by atoms with Crippen molar-refractivity contribution in [3.8, 4) is 0 Å². The van der Waals surface area contributed by atoms with E-state index < -0.39 is 15.8 Å². The Labute approximate surface area is 180 Å². The third kappa shape index (κ3) is 5.63. The number of para-hydroxylation sites is 1. The van der Waals surface area contributed by atoms with Crippen LogP contribution in [0.1, 0.15) is 16.7 Å². The first kappa shape index (κ1) is 21.4. The molecule has 0 unspecified atom stereocenters. The summed E-state index contributed by atoms with van der Waals surface area (Å²) in [7, 11) is -3.67. The van der Waals surface area contributed by atoms with E-state index in [1.165, 1.54) is 6.07 Å². The van der Waals surface area contributed by atoms with Gasteiger partial charge in [0.15, 0.2) is 0 Å². The molecule has 0 saturated carbocycles. The molecule has 3 aromatic carbocycles. The fourth-order valence-electron chi connectivity index (χ4n) is 2.84. The summed E-state index contributed by atoms with van der Waals surface area (Å²) in [6.07, 6.45) is 1.00. The summed E-state index contributed by atoms with van der Waals surface area (Å²) < 4.78 is 41.1. The standard InChI is InChI=1S/C22H19ClFNO2S2/c1-15-4-2-3-5-22(15)25-29(26,27)19-9-6-16(7-10-19)12-18(28)13-17-8-11-21(24)20(23)14-17/h2-11,14,25H,12-13H2,1H3. The van der Waals surface area contributed by atoms with Crippen LogP contribution in [0, 0.1) is 12.7 Å². The molecule has 0 aliphatic heterocycles. The number of rotatable bonds is 7. The Morgan fingerprint density at radius 3 is 2.28 bits per heavy atom. The van der Waals surface area contributed by atoms with Gasteiger partial charge < -0.3 is 0 Å². The molecule has 0 bridgehead atoms. The van der Waals surface area contributed by atoms with E-state index in [9.17, 15) is 12.8 Å². The van der Waals surface area contributed by atoms with E-state index in [4.69, 9.17) is 23.8 Å². The highest BCUT2D eigenvalue weighted by atomic mass is 35.5. The zero-order valence-electron chi connectivity index (χ0n) is 15.7. The first-order chi connectivity index (χ1) is 13.7. The number of sulfonamides is 1. The van der Waals surface area contributed by atoms with Crippen LogP contribution in [0.3, 0.4) is 0 Å². The van der Waals surface area contributed by atoms with Gasteiger partial charge in [-0.1, -0.05) is 60.2 Å². The van der Waals surface area contributed by atoms with Gasteiger partial charge in [0.25, 0.3) is 10.0 Å². The molecule has 0 spiro atoms. The SMILES string of the molecule is Cc1ccccc1NS(=O)(=O)c1ccc(CC(=S)Cc2ccc(F)c(Cl)c2)cc1. The van der Waals surface area contributed by atoms with Crippen LogP contribution < -0.4 is 4.72 Å². The van der Waals surface area contributed by atoms with Crippen molar-refractivity contribution >= 4 is 44.4 Å². The number of aryl methyl sites for hydroxylation is 1. The average molecular weight is 448 g/mol. The van der Waals surface area contributed by atoms with Crippen molar-refractivity contribution in [1.29, 1.82) is 0 Å². The van der Waals surface area contributed by atoms with E-state index in [2.05, 4.69) is 4.72 Å². The number of hydrogen-bond donors (Lipinski definition) is 1. The van der Waals surface area contributed by atoms with Gasteiger partial charge in [0.05, 0.1) is 15.6 Å². The van der Waals surface area contributed by atoms with Crippen LogP contribution in [-0.2, 0) is 22.9 Å². The molecular weight excluding hydrogens is 429 g/mol. The second-order valence-corrected chi connectivity index (χ2v) is 9.37. The molecule has 3 nitrogen and oxygen atoms in total. The van der Waals surface area contributed by atoms with Crippen LogP contribution in [-0.4, -0.2) is 13.3 Å². The Bertz CT molecular complexity index is 1150. The fraction of sp³-hybridized carbons (Fsp3) is 0.136. The lowest BCUT2D eigenvalue weighted by molar-refractivity contribution is 0.601. The van der Waals surface area contributed by atoms with Gasteiger partial charge in [0.1, 0.15) is 5.82 Å². The number of halogens is 2. The van der Waals surface area contributed by atoms with Crippen LogP contribution in [0.2, 0.25) is 5.02 Å². The van der Waals surface area contributed by atoms with Crippen LogP contribution in [0.25, 0.3) is 0 Å². The van der Waals surface area contributed by atoms with E-state index in [0.717, 1.165) is 21.6 Å². The van der Waals surface area contributed by atoms with Crippen molar-refractivity contribution in [2.45, 2.75) is 24.7 Å². The van der Waals surface area contributed by atoms with Gasteiger partial charge in [-0.05, 0) is 53.9 Å². The summed E-state index contributed by atoms with van der Waals surface area (Å²) >= 11 is 11.2. The lowest BCUT2D eigenvalue weighted by Crippen LogP contribution is -2.14. The minimum Gasteiger partial charge on any atom is -0.279 e. The zero-order valence-corrected chi connectivity index (χ0v) is 18.0. The van der Waals surface area contributed by atoms with Gasteiger partial charge in [0.2, 0.25) is 0 Å². The Morgan fingerprint density at radius 1 is 1.00 bits per heavy atom. The molecule has 0 heterocycles. The summed E-state index contributed by atoms with van der Waals surface area (Å²) in [6, 6.07) is 18.4. The second-order valence-electron chi connectivity index (χ2n) is 6.71. The van der Waals surface area contributed by atoms with Crippen LogP contribution >= 0.6 is 23.8 Å². The third-order valence-electron chi connectivity index (χ3n) is 4.41. The molecule has 0 aliphatic rings. The fourth-order valence-corrected chi connectivity index (χ4v) is 4.51. The molecule has 29 heavy (non-hydrogen) atoms. The largest absolute Gasteiger partial charge is 0.279 e. The quantitative estimate of drug-likeness (QED) is 0.469. The highest BCUT2D eigenvalue weighted by molar-refractivity contribution is 7.92. The Hall–Kier alpha value is -2.28. The van der Waals surface area contributed by atoms with E-state index in [1.54, 1.807) is 48.5 Å². The Balaban J connectivity index is 1.67.